The monoisotopic (exact) mass is 1020 g/mol. The Hall–Kier alpha value is -2.37. The molecule has 0 rings (SSSR count). The number of ether oxygens (including phenoxy) is 3. The largest absolute Gasteiger partial charge is 0.462 e. The number of hydrogen-bond acceptors (Lipinski definition) is 6. The highest BCUT2D eigenvalue weighted by atomic mass is 16.6. The van der Waals surface area contributed by atoms with Gasteiger partial charge in [0.2, 0.25) is 0 Å². The number of allylic oxidation sites excluding steroid dienone is 6. The number of hydrogen-bond donors (Lipinski definition) is 0. The van der Waals surface area contributed by atoms with Gasteiger partial charge in [-0.05, 0) is 57.8 Å². The van der Waals surface area contributed by atoms with Crippen molar-refractivity contribution in [3.63, 3.8) is 0 Å². The molecule has 0 saturated heterocycles. The van der Waals surface area contributed by atoms with E-state index >= 15 is 0 Å². The molecule has 0 aromatic heterocycles. The van der Waals surface area contributed by atoms with Gasteiger partial charge in [0.15, 0.2) is 6.10 Å². The quantitative estimate of drug-likeness (QED) is 0.0261. The molecule has 73 heavy (non-hydrogen) atoms. The zero-order valence-electron chi connectivity index (χ0n) is 49.2. The molecule has 0 N–H and O–H groups in total. The lowest BCUT2D eigenvalue weighted by Gasteiger charge is -2.18. The van der Waals surface area contributed by atoms with Crippen LogP contribution in [0.3, 0.4) is 0 Å². The van der Waals surface area contributed by atoms with Gasteiger partial charge in [0.1, 0.15) is 13.2 Å². The Bertz CT molecular complexity index is 1220. The lowest BCUT2D eigenvalue weighted by molar-refractivity contribution is -0.167. The molecular formula is C67H124O6. The molecule has 0 aromatic carbocycles. The van der Waals surface area contributed by atoms with E-state index in [1.54, 1.807) is 0 Å². The molecule has 0 aliphatic carbocycles. The average Bonchev–Trinajstić information content (AvgIpc) is 3.39. The highest BCUT2D eigenvalue weighted by Crippen LogP contribution is 2.18. The van der Waals surface area contributed by atoms with Gasteiger partial charge in [0.05, 0.1) is 0 Å². The Labute approximate surface area is 455 Å². The molecule has 0 aliphatic rings. The minimum atomic E-state index is -0.772. The molecule has 428 valence electrons. The van der Waals surface area contributed by atoms with Crippen molar-refractivity contribution in [2.45, 2.75) is 361 Å². The fourth-order valence-electron chi connectivity index (χ4n) is 9.75. The molecule has 0 spiro atoms. The summed E-state index contributed by atoms with van der Waals surface area (Å²) in [6, 6.07) is 0. The van der Waals surface area contributed by atoms with Crippen molar-refractivity contribution in [3.8, 4) is 0 Å². The van der Waals surface area contributed by atoms with E-state index in [2.05, 4.69) is 57.2 Å². The summed E-state index contributed by atoms with van der Waals surface area (Å²) < 4.78 is 16.9. The van der Waals surface area contributed by atoms with Gasteiger partial charge >= 0.3 is 17.9 Å². The SMILES string of the molecule is CCCCCCC/C=C\C/C=C\C/C=C\CCCCCCCCCCC(=O)OC(COC(=O)CCCCCCCCCC)COC(=O)CCCCCCCCCCCCCCCCCCCCCCCCCC. The number of carbonyl (C=O) groups is 3. The molecule has 1 atom stereocenters. The molecule has 0 aromatic rings. The van der Waals surface area contributed by atoms with Crippen LogP contribution < -0.4 is 0 Å². The van der Waals surface area contributed by atoms with Crippen molar-refractivity contribution < 1.29 is 28.6 Å². The number of rotatable bonds is 60. The van der Waals surface area contributed by atoms with Crippen molar-refractivity contribution in [1.82, 2.24) is 0 Å². The van der Waals surface area contributed by atoms with Crippen molar-refractivity contribution in [3.05, 3.63) is 36.5 Å². The van der Waals surface area contributed by atoms with Gasteiger partial charge in [-0.3, -0.25) is 14.4 Å². The summed E-state index contributed by atoms with van der Waals surface area (Å²) in [4.78, 5) is 38.1. The van der Waals surface area contributed by atoms with Gasteiger partial charge in [-0.1, -0.05) is 314 Å². The number of unbranched alkanes of at least 4 members (excludes halogenated alkanes) is 43. The van der Waals surface area contributed by atoms with Gasteiger partial charge in [0, 0.05) is 19.3 Å². The highest BCUT2D eigenvalue weighted by Gasteiger charge is 2.19. The molecule has 0 heterocycles. The number of esters is 3. The predicted molar refractivity (Wildman–Crippen MR) is 316 cm³/mol. The third-order valence-corrected chi connectivity index (χ3v) is 14.6. The molecular weight excluding hydrogens is 901 g/mol. The Morgan fingerprint density at radius 2 is 0.493 bits per heavy atom. The summed E-state index contributed by atoms with van der Waals surface area (Å²) in [5.74, 6) is -0.860. The average molecular weight is 1030 g/mol. The Morgan fingerprint density at radius 1 is 0.274 bits per heavy atom. The van der Waals surface area contributed by atoms with E-state index in [1.807, 2.05) is 0 Å². The summed E-state index contributed by atoms with van der Waals surface area (Å²) in [7, 11) is 0. The standard InChI is InChI=1S/C67H124O6/c1-4-7-10-13-16-19-21-23-25-27-29-31-33-35-36-38-40-42-44-46-48-51-54-57-60-66(69)72-63-64(62-71-65(68)59-56-53-50-18-15-12-9-6-3)73-67(70)61-58-55-52-49-47-45-43-41-39-37-34-32-30-28-26-24-22-20-17-14-11-8-5-2/h22,24,28,30,34,37,64H,4-21,23,25-27,29,31-33,35-36,38-63H2,1-3H3/b24-22-,30-28-,37-34-. The normalized spacial score (nSPS) is 12.2. The summed E-state index contributed by atoms with van der Waals surface area (Å²) in [5, 5.41) is 0. The Kier molecular flexibility index (Phi) is 60.2. The van der Waals surface area contributed by atoms with Crippen LogP contribution >= 0.6 is 0 Å². The first-order valence-corrected chi connectivity index (χ1v) is 32.5. The van der Waals surface area contributed by atoms with E-state index < -0.39 is 6.10 Å². The van der Waals surface area contributed by atoms with E-state index in [0.29, 0.717) is 19.3 Å². The minimum absolute atomic E-state index is 0.0704. The zero-order chi connectivity index (χ0) is 52.9. The maximum Gasteiger partial charge on any atom is 0.306 e. The molecule has 0 amide bonds. The molecule has 6 heteroatoms. The fourth-order valence-corrected chi connectivity index (χ4v) is 9.75. The predicted octanol–water partition coefficient (Wildman–Crippen LogP) is 22.0. The second-order valence-corrected chi connectivity index (χ2v) is 22.0. The zero-order valence-corrected chi connectivity index (χ0v) is 49.2. The third kappa shape index (κ3) is 60.4. The van der Waals surface area contributed by atoms with Crippen LogP contribution in [0.4, 0.5) is 0 Å². The van der Waals surface area contributed by atoms with E-state index in [9.17, 15) is 14.4 Å². The van der Waals surface area contributed by atoms with Crippen LogP contribution in [0.1, 0.15) is 355 Å². The lowest BCUT2D eigenvalue weighted by Crippen LogP contribution is -2.30. The summed E-state index contributed by atoms with van der Waals surface area (Å²) >= 11 is 0. The van der Waals surface area contributed by atoms with Crippen molar-refractivity contribution in [2.75, 3.05) is 13.2 Å². The van der Waals surface area contributed by atoms with Gasteiger partial charge in [-0.15, -0.1) is 0 Å². The molecule has 0 bridgehead atoms. The third-order valence-electron chi connectivity index (χ3n) is 14.6. The molecule has 0 fully saturated rings. The van der Waals surface area contributed by atoms with E-state index in [1.165, 1.54) is 238 Å². The van der Waals surface area contributed by atoms with Gasteiger partial charge < -0.3 is 14.2 Å². The second kappa shape index (κ2) is 62.2. The lowest BCUT2D eigenvalue weighted by atomic mass is 10.0. The van der Waals surface area contributed by atoms with E-state index in [4.69, 9.17) is 14.2 Å². The first-order valence-electron chi connectivity index (χ1n) is 32.5. The number of carbonyl (C=O) groups excluding carboxylic acids is 3. The summed E-state index contributed by atoms with van der Waals surface area (Å²) in [6.07, 6.45) is 76.0. The van der Waals surface area contributed by atoms with E-state index in [-0.39, 0.29) is 31.1 Å². The first kappa shape index (κ1) is 70.6. The van der Waals surface area contributed by atoms with Crippen molar-refractivity contribution >= 4 is 17.9 Å². The van der Waals surface area contributed by atoms with Crippen LogP contribution in [0.5, 0.6) is 0 Å². The van der Waals surface area contributed by atoms with Crippen LogP contribution in [-0.2, 0) is 28.6 Å². The van der Waals surface area contributed by atoms with Gasteiger partial charge in [-0.25, -0.2) is 0 Å². The van der Waals surface area contributed by atoms with Crippen LogP contribution in [0, 0.1) is 0 Å². The van der Waals surface area contributed by atoms with Crippen LogP contribution in [0.25, 0.3) is 0 Å². The van der Waals surface area contributed by atoms with Crippen molar-refractivity contribution in [1.29, 1.82) is 0 Å². The van der Waals surface area contributed by atoms with Crippen molar-refractivity contribution in [2.24, 2.45) is 0 Å². The van der Waals surface area contributed by atoms with Crippen LogP contribution in [0.2, 0.25) is 0 Å². The molecule has 0 saturated carbocycles. The minimum Gasteiger partial charge on any atom is -0.462 e. The second-order valence-electron chi connectivity index (χ2n) is 22.0. The Morgan fingerprint density at radius 3 is 0.767 bits per heavy atom. The maximum atomic E-state index is 12.9. The molecule has 1 unspecified atom stereocenters. The summed E-state index contributed by atoms with van der Waals surface area (Å²) in [6.45, 7) is 6.65. The molecule has 0 aliphatic heterocycles. The molecule has 0 radical (unpaired) electrons. The van der Waals surface area contributed by atoms with Gasteiger partial charge in [0.25, 0.3) is 0 Å². The first-order chi connectivity index (χ1) is 36.0. The topological polar surface area (TPSA) is 78.9 Å². The molecule has 6 nitrogen and oxygen atoms in total. The van der Waals surface area contributed by atoms with Crippen LogP contribution in [0.15, 0.2) is 36.5 Å². The highest BCUT2D eigenvalue weighted by molar-refractivity contribution is 5.71. The van der Waals surface area contributed by atoms with E-state index in [0.717, 1.165) is 77.0 Å². The van der Waals surface area contributed by atoms with Gasteiger partial charge in [-0.2, -0.15) is 0 Å². The maximum absolute atomic E-state index is 12.9. The fraction of sp³-hybridized carbons (Fsp3) is 0.866. The Balaban J connectivity index is 4.14. The summed E-state index contributed by atoms with van der Waals surface area (Å²) in [5.41, 5.74) is 0. The van der Waals surface area contributed by atoms with Crippen LogP contribution in [-0.4, -0.2) is 37.2 Å². The smallest absolute Gasteiger partial charge is 0.306 e.